The lowest BCUT2D eigenvalue weighted by molar-refractivity contribution is -0.132. The average molecular weight is 325 g/mol. The third kappa shape index (κ3) is 3.87. The molecule has 6 heteroatoms. The molecule has 3 N–H and O–H groups in total. The number of carbonyl (C=O) groups excluding carboxylic acids is 1. The van der Waals surface area contributed by atoms with Gasteiger partial charge in [-0.2, -0.15) is 0 Å². The second-order valence-corrected chi connectivity index (χ2v) is 7.94. The van der Waals surface area contributed by atoms with Crippen molar-refractivity contribution in [2.24, 2.45) is 5.41 Å². The standard InChI is InChI=1S/C17H31N3O3/c1-16(2,11-21)13-10-14(23-19-13)18-15(22)17(3,4)20(5)12-8-6-7-9-12/h10,12-13,19,21H,6-9,11H2,1-5H3,(H,18,22). The van der Waals surface area contributed by atoms with E-state index in [1.807, 2.05) is 40.8 Å². The molecule has 1 aliphatic heterocycles. The van der Waals surface area contributed by atoms with Crippen molar-refractivity contribution in [1.29, 1.82) is 0 Å². The summed E-state index contributed by atoms with van der Waals surface area (Å²) >= 11 is 0. The highest BCUT2D eigenvalue weighted by Crippen LogP contribution is 2.29. The van der Waals surface area contributed by atoms with Gasteiger partial charge in [-0.3, -0.25) is 15.0 Å². The molecular weight excluding hydrogens is 294 g/mol. The summed E-state index contributed by atoms with van der Waals surface area (Å²) < 4.78 is 0. The van der Waals surface area contributed by atoms with Gasteiger partial charge in [-0.05, 0) is 39.8 Å². The molecule has 0 radical (unpaired) electrons. The summed E-state index contributed by atoms with van der Waals surface area (Å²) in [6.45, 7) is 7.79. The lowest BCUT2D eigenvalue weighted by atomic mass is 9.86. The first kappa shape index (κ1) is 18.2. The Balaban J connectivity index is 1.99. The Labute approximate surface area is 139 Å². The molecule has 23 heavy (non-hydrogen) atoms. The molecule has 1 aliphatic carbocycles. The summed E-state index contributed by atoms with van der Waals surface area (Å²) in [5.41, 5.74) is 1.89. The summed E-state index contributed by atoms with van der Waals surface area (Å²) in [5, 5.41) is 12.3. The predicted octanol–water partition coefficient (Wildman–Crippen LogP) is 1.52. The number of nitrogens with one attached hydrogen (secondary N) is 2. The average Bonchev–Trinajstić information content (AvgIpc) is 3.17. The van der Waals surface area contributed by atoms with Crippen molar-refractivity contribution < 1.29 is 14.7 Å². The minimum atomic E-state index is -0.607. The molecule has 1 atom stereocenters. The lowest BCUT2D eigenvalue weighted by Crippen LogP contribution is -2.56. The molecule has 1 saturated carbocycles. The number of amides is 1. The van der Waals surface area contributed by atoms with Crippen LogP contribution in [0, 0.1) is 5.41 Å². The maximum Gasteiger partial charge on any atom is 0.246 e. The fraction of sp³-hybridized carbons (Fsp3) is 0.824. The Kier molecular flexibility index (Phi) is 5.38. The van der Waals surface area contributed by atoms with Crippen molar-refractivity contribution in [2.75, 3.05) is 13.7 Å². The van der Waals surface area contributed by atoms with Crippen LogP contribution in [-0.2, 0) is 9.63 Å². The Morgan fingerprint density at radius 3 is 2.57 bits per heavy atom. The second-order valence-electron chi connectivity index (χ2n) is 7.94. The Morgan fingerprint density at radius 2 is 2.00 bits per heavy atom. The van der Waals surface area contributed by atoms with E-state index in [0.29, 0.717) is 11.9 Å². The number of aliphatic hydroxyl groups excluding tert-OH is 1. The van der Waals surface area contributed by atoms with E-state index in [1.165, 1.54) is 12.8 Å². The van der Waals surface area contributed by atoms with Gasteiger partial charge in [0.05, 0.1) is 18.2 Å². The number of hydrogen-bond acceptors (Lipinski definition) is 5. The summed E-state index contributed by atoms with van der Waals surface area (Å²) in [6, 6.07) is 0.326. The highest BCUT2D eigenvalue weighted by atomic mass is 16.7. The third-order valence-corrected chi connectivity index (χ3v) is 5.41. The first-order valence-corrected chi connectivity index (χ1v) is 8.48. The number of likely N-dealkylation sites (N-methyl/N-ethyl adjacent to an activating group) is 1. The number of carbonyl (C=O) groups is 1. The molecule has 6 nitrogen and oxygen atoms in total. The van der Waals surface area contributed by atoms with Crippen LogP contribution in [0.25, 0.3) is 0 Å². The molecule has 0 bridgehead atoms. The van der Waals surface area contributed by atoms with Gasteiger partial charge in [0.1, 0.15) is 0 Å². The van der Waals surface area contributed by atoms with Crippen LogP contribution in [0.3, 0.4) is 0 Å². The quantitative estimate of drug-likeness (QED) is 0.690. The van der Waals surface area contributed by atoms with E-state index >= 15 is 0 Å². The van der Waals surface area contributed by atoms with E-state index < -0.39 is 5.54 Å². The van der Waals surface area contributed by atoms with E-state index in [1.54, 1.807) is 0 Å². The molecule has 1 unspecified atom stereocenters. The van der Waals surface area contributed by atoms with Crippen molar-refractivity contribution in [3.63, 3.8) is 0 Å². The summed E-state index contributed by atoms with van der Waals surface area (Å²) in [6.07, 6.45) is 6.60. The van der Waals surface area contributed by atoms with Crippen molar-refractivity contribution in [2.45, 2.75) is 71.0 Å². The number of hydrogen-bond donors (Lipinski definition) is 3. The molecule has 0 aromatic rings. The van der Waals surface area contributed by atoms with Gasteiger partial charge in [-0.1, -0.05) is 26.7 Å². The Bertz CT molecular complexity index is 468. The van der Waals surface area contributed by atoms with Crippen LogP contribution in [0.4, 0.5) is 0 Å². The first-order valence-electron chi connectivity index (χ1n) is 8.48. The highest BCUT2D eigenvalue weighted by molar-refractivity contribution is 5.86. The summed E-state index contributed by atoms with van der Waals surface area (Å²) in [7, 11) is 2.02. The van der Waals surface area contributed by atoms with E-state index in [9.17, 15) is 9.90 Å². The second kappa shape index (κ2) is 6.79. The molecule has 2 rings (SSSR count). The Morgan fingerprint density at radius 1 is 1.39 bits per heavy atom. The number of aliphatic hydroxyl groups is 1. The number of rotatable bonds is 6. The maximum atomic E-state index is 12.7. The predicted molar refractivity (Wildman–Crippen MR) is 89.2 cm³/mol. The van der Waals surface area contributed by atoms with Crippen molar-refractivity contribution in [1.82, 2.24) is 15.7 Å². The molecule has 1 amide bonds. The molecule has 0 saturated heterocycles. The van der Waals surface area contributed by atoms with Crippen LogP contribution in [0.5, 0.6) is 0 Å². The molecule has 0 aromatic heterocycles. The van der Waals surface area contributed by atoms with Crippen LogP contribution < -0.4 is 10.8 Å². The molecule has 2 aliphatic rings. The molecule has 0 aromatic carbocycles. The minimum Gasteiger partial charge on any atom is -0.396 e. The molecule has 1 heterocycles. The molecule has 0 spiro atoms. The first-order chi connectivity index (χ1) is 10.7. The van der Waals surface area contributed by atoms with Crippen molar-refractivity contribution >= 4 is 5.91 Å². The van der Waals surface area contributed by atoms with Gasteiger partial charge in [-0.25, -0.2) is 0 Å². The van der Waals surface area contributed by atoms with Gasteiger partial charge in [0.25, 0.3) is 0 Å². The van der Waals surface area contributed by atoms with E-state index in [2.05, 4.69) is 15.7 Å². The van der Waals surface area contributed by atoms with Crippen LogP contribution >= 0.6 is 0 Å². The van der Waals surface area contributed by atoms with Crippen LogP contribution in [0.1, 0.15) is 53.4 Å². The maximum absolute atomic E-state index is 12.7. The number of nitrogens with zero attached hydrogens (tertiary/aromatic N) is 1. The van der Waals surface area contributed by atoms with Crippen molar-refractivity contribution in [3.8, 4) is 0 Å². The zero-order valence-electron chi connectivity index (χ0n) is 15.0. The van der Waals surface area contributed by atoms with E-state index in [-0.39, 0.29) is 24.0 Å². The van der Waals surface area contributed by atoms with Gasteiger partial charge < -0.3 is 9.94 Å². The zero-order chi connectivity index (χ0) is 17.3. The highest BCUT2D eigenvalue weighted by Gasteiger charge is 2.39. The molecule has 132 valence electrons. The summed E-state index contributed by atoms with van der Waals surface area (Å²) in [5.74, 6) is 0.330. The summed E-state index contributed by atoms with van der Waals surface area (Å²) in [4.78, 5) is 20.2. The van der Waals surface area contributed by atoms with Crippen molar-refractivity contribution in [3.05, 3.63) is 12.0 Å². The van der Waals surface area contributed by atoms with Gasteiger partial charge >= 0.3 is 0 Å². The van der Waals surface area contributed by atoms with Gasteiger partial charge in [-0.15, -0.1) is 5.48 Å². The smallest absolute Gasteiger partial charge is 0.246 e. The van der Waals surface area contributed by atoms with Gasteiger partial charge in [0.2, 0.25) is 11.8 Å². The normalized spacial score (nSPS) is 23.1. The van der Waals surface area contributed by atoms with Crippen LogP contribution in [-0.4, -0.2) is 47.2 Å². The lowest BCUT2D eigenvalue weighted by Gasteiger charge is -2.38. The SMILES string of the molecule is CN(C1CCCC1)C(C)(C)C(=O)NC1=CC(C(C)(C)CO)NO1. The van der Waals surface area contributed by atoms with Crippen LogP contribution in [0.2, 0.25) is 0 Å². The van der Waals surface area contributed by atoms with Gasteiger partial charge in [0.15, 0.2) is 0 Å². The van der Waals surface area contributed by atoms with Gasteiger partial charge in [0, 0.05) is 11.5 Å². The minimum absolute atomic E-state index is 0.0294. The number of hydroxylamine groups is 1. The Hall–Kier alpha value is -1.11. The monoisotopic (exact) mass is 325 g/mol. The third-order valence-electron chi connectivity index (χ3n) is 5.41. The topological polar surface area (TPSA) is 73.8 Å². The molecular formula is C17H31N3O3. The molecule has 1 fully saturated rings. The largest absolute Gasteiger partial charge is 0.396 e. The van der Waals surface area contributed by atoms with Crippen LogP contribution in [0.15, 0.2) is 12.0 Å². The fourth-order valence-electron chi connectivity index (χ4n) is 3.07. The zero-order valence-corrected chi connectivity index (χ0v) is 15.0. The fourth-order valence-corrected chi connectivity index (χ4v) is 3.07. The van der Waals surface area contributed by atoms with E-state index in [0.717, 1.165) is 12.8 Å². The van der Waals surface area contributed by atoms with E-state index in [4.69, 9.17) is 4.84 Å².